The first-order valence-corrected chi connectivity index (χ1v) is 9.63. The normalized spacial score (nSPS) is 9.71. The lowest BCUT2D eigenvalue weighted by molar-refractivity contribution is -0.142. The Morgan fingerprint density at radius 1 is 1.00 bits per heavy atom. The summed E-state index contributed by atoms with van der Waals surface area (Å²) in [6.07, 6.45) is 1.14. The summed E-state index contributed by atoms with van der Waals surface area (Å²) in [5.74, 6) is -1.03. The molecule has 0 unspecified atom stereocenters. The van der Waals surface area contributed by atoms with Crippen molar-refractivity contribution in [3.8, 4) is 0 Å². The highest BCUT2D eigenvalue weighted by Crippen LogP contribution is 2.15. The van der Waals surface area contributed by atoms with Crippen LogP contribution in [-0.4, -0.2) is 36.4 Å². The van der Waals surface area contributed by atoms with Crippen LogP contribution < -0.4 is 11.9 Å². The molecular formula is C18H26N2O6S2. The van der Waals surface area contributed by atoms with E-state index >= 15 is 0 Å². The van der Waals surface area contributed by atoms with Gasteiger partial charge in [0.15, 0.2) is 5.78 Å². The number of esters is 2. The number of hydrogen-bond donors (Lipinski definition) is 2. The van der Waals surface area contributed by atoms with E-state index in [0.29, 0.717) is 23.8 Å². The standard InChI is InChI=1S/C9H11NO2S.C9H10O3S.H3N.H2O/c2*1-2-12-9(11)6-7(10)8-4-3-5-13-8;;/h3-6H,2,10H2,1H3;3-5H,2,6H2,1H3;1H3;1H2/b7-6-;;;. The molecule has 156 valence electrons. The third kappa shape index (κ3) is 10.6. The minimum Gasteiger partial charge on any atom is -0.466 e. The molecule has 0 fully saturated rings. The quantitative estimate of drug-likeness (QED) is 0.295. The number of ether oxygens (including phenoxy) is 2. The van der Waals surface area contributed by atoms with Gasteiger partial charge in [-0.3, -0.25) is 9.59 Å². The van der Waals surface area contributed by atoms with Gasteiger partial charge in [-0.05, 0) is 36.7 Å². The van der Waals surface area contributed by atoms with E-state index in [4.69, 9.17) is 10.5 Å². The molecule has 2 heterocycles. The highest BCUT2D eigenvalue weighted by molar-refractivity contribution is 7.12. The molecule has 0 aliphatic heterocycles. The van der Waals surface area contributed by atoms with Crippen molar-refractivity contribution in [2.24, 2.45) is 5.73 Å². The Balaban J connectivity index is 0. The topological polar surface area (TPSA) is 162 Å². The van der Waals surface area contributed by atoms with Gasteiger partial charge < -0.3 is 26.8 Å². The first kappa shape index (κ1) is 27.7. The predicted molar refractivity (Wildman–Crippen MR) is 112 cm³/mol. The first-order chi connectivity index (χ1) is 12.5. The van der Waals surface area contributed by atoms with E-state index < -0.39 is 11.9 Å². The molecule has 0 atom stereocenters. The smallest absolute Gasteiger partial charge is 0.332 e. The Morgan fingerprint density at radius 2 is 1.54 bits per heavy atom. The van der Waals surface area contributed by atoms with E-state index in [1.807, 2.05) is 17.5 Å². The molecule has 0 saturated carbocycles. The summed E-state index contributed by atoms with van der Waals surface area (Å²) in [6, 6.07) is 7.22. The van der Waals surface area contributed by atoms with Crippen LogP contribution in [0.5, 0.6) is 0 Å². The summed E-state index contributed by atoms with van der Waals surface area (Å²) in [5, 5.41) is 3.71. The Labute approximate surface area is 171 Å². The lowest BCUT2D eigenvalue weighted by Gasteiger charge is -1.98. The molecule has 28 heavy (non-hydrogen) atoms. The molecule has 2 aromatic heterocycles. The molecule has 0 aliphatic rings. The Kier molecular flexibility index (Phi) is 15.3. The second kappa shape index (κ2) is 15.5. The Hall–Kier alpha value is -2.53. The van der Waals surface area contributed by atoms with Gasteiger partial charge in [-0.15, -0.1) is 22.7 Å². The summed E-state index contributed by atoms with van der Waals surface area (Å²) >= 11 is 2.82. The molecule has 7 N–H and O–H groups in total. The van der Waals surface area contributed by atoms with Crippen molar-refractivity contribution >= 4 is 46.1 Å². The second-order valence-corrected chi connectivity index (χ2v) is 6.61. The fourth-order valence-corrected chi connectivity index (χ4v) is 3.01. The van der Waals surface area contributed by atoms with Crippen molar-refractivity contribution in [1.82, 2.24) is 6.15 Å². The van der Waals surface area contributed by atoms with Gasteiger partial charge in [-0.25, -0.2) is 4.79 Å². The van der Waals surface area contributed by atoms with Crippen molar-refractivity contribution in [3.05, 3.63) is 50.9 Å². The summed E-state index contributed by atoms with van der Waals surface area (Å²) in [7, 11) is 0. The molecule has 0 saturated heterocycles. The van der Waals surface area contributed by atoms with E-state index in [1.165, 1.54) is 28.7 Å². The molecule has 0 aromatic carbocycles. The highest BCUT2D eigenvalue weighted by atomic mass is 32.1. The van der Waals surface area contributed by atoms with E-state index in [-0.39, 0.29) is 23.8 Å². The number of carbonyl (C=O) groups is 3. The zero-order valence-electron chi connectivity index (χ0n) is 15.8. The van der Waals surface area contributed by atoms with Crippen LogP contribution in [0.25, 0.3) is 5.70 Å². The zero-order valence-corrected chi connectivity index (χ0v) is 17.4. The van der Waals surface area contributed by atoms with E-state index in [9.17, 15) is 14.4 Å². The van der Waals surface area contributed by atoms with E-state index in [0.717, 1.165) is 4.88 Å². The monoisotopic (exact) mass is 430 g/mol. The van der Waals surface area contributed by atoms with Crippen LogP contribution in [-0.2, 0) is 19.1 Å². The molecule has 2 aromatic rings. The Bertz CT molecular complexity index is 727. The molecule has 10 heteroatoms. The van der Waals surface area contributed by atoms with Gasteiger partial charge in [0.05, 0.1) is 28.7 Å². The average Bonchev–Trinajstić information content (AvgIpc) is 3.30. The third-order valence-electron chi connectivity index (χ3n) is 2.77. The largest absolute Gasteiger partial charge is 0.466 e. The lowest BCUT2D eigenvalue weighted by atomic mass is 10.2. The summed E-state index contributed by atoms with van der Waals surface area (Å²) in [6.45, 7) is 4.16. The second-order valence-electron chi connectivity index (χ2n) is 4.71. The number of thiophene rings is 2. The fourth-order valence-electron chi connectivity index (χ4n) is 1.69. The summed E-state index contributed by atoms with van der Waals surface area (Å²) < 4.78 is 9.38. The van der Waals surface area contributed by atoms with Crippen LogP contribution >= 0.6 is 22.7 Å². The zero-order chi connectivity index (χ0) is 19.4. The predicted octanol–water partition coefficient (Wildman–Crippen LogP) is 2.83. The number of Topliss-reactive ketones (excluding diaryl/α,β-unsaturated/α-hetero) is 1. The molecule has 0 amide bonds. The molecule has 0 radical (unpaired) electrons. The lowest BCUT2D eigenvalue weighted by Crippen LogP contribution is -2.10. The van der Waals surface area contributed by atoms with Gasteiger partial charge in [-0.2, -0.15) is 0 Å². The molecule has 2 rings (SSSR count). The number of hydrogen-bond acceptors (Lipinski definition) is 9. The van der Waals surface area contributed by atoms with Crippen molar-refractivity contribution in [2.75, 3.05) is 13.2 Å². The van der Waals surface area contributed by atoms with E-state index in [1.54, 1.807) is 31.4 Å². The minimum absolute atomic E-state index is 0. The molecule has 0 spiro atoms. The SMILES string of the molecule is CCOC(=O)/C=C(\N)c1cccs1.CCOC(=O)CC(=O)c1cccs1.N.O. The van der Waals surface area contributed by atoms with Crippen LogP contribution in [0.2, 0.25) is 0 Å². The fraction of sp³-hybridized carbons (Fsp3) is 0.278. The van der Waals surface area contributed by atoms with Crippen molar-refractivity contribution in [2.45, 2.75) is 20.3 Å². The molecular weight excluding hydrogens is 404 g/mol. The number of rotatable bonds is 7. The first-order valence-electron chi connectivity index (χ1n) is 7.88. The average molecular weight is 431 g/mol. The van der Waals surface area contributed by atoms with Crippen LogP contribution in [0.3, 0.4) is 0 Å². The minimum atomic E-state index is -0.457. The maximum absolute atomic E-state index is 11.3. The maximum atomic E-state index is 11.3. The molecule has 0 bridgehead atoms. The number of ketones is 1. The third-order valence-corrected chi connectivity index (χ3v) is 4.60. The highest BCUT2D eigenvalue weighted by Gasteiger charge is 2.12. The number of nitrogens with two attached hydrogens (primary N) is 1. The van der Waals surface area contributed by atoms with Crippen molar-refractivity contribution in [3.63, 3.8) is 0 Å². The van der Waals surface area contributed by atoms with Gasteiger partial charge in [-0.1, -0.05) is 12.1 Å². The summed E-state index contributed by atoms with van der Waals surface area (Å²) in [4.78, 5) is 34.7. The van der Waals surface area contributed by atoms with Gasteiger partial charge in [0, 0.05) is 6.08 Å². The van der Waals surface area contributed by atoms with Gasteiger partial charge in [0.25, 0.3) is 0 Å². The molecule has 0 aliphatic carbocycles. The maximum Gasteiger partial charge on any atom is 0.332 e. The summed E-state index contributed by atoms with van der Waals surface area (Å²) in [5.41, 5.74) is 6.09. The van der Waals surface area contributed by atoms with Crippen molar-refractivity contribution < 1.29 is 29.3 Å². The van der Waals surface area contributed by atoms with Crippen LogP contribution in [0, 0.1) is 0 Å². The van der Waals surface area contributed by atoms with Crippen LogP contribution in [0.1, 0.15) is 34.8 Å². The van der Waals surface area contributed by atoms with Gasteiger partial charge in [0.1, 0.15) is 6.42 Å². The van der Waals surface area contributed by atoms with Gasteiger partial charge in [0.2, 0.25) is 0 Å². The van der Waals surface area contributed by atoms with E-state index in [2.05, 4.69) is 4.74 Å². The van der Waals surface area contributed by atoms with Crippen LogP contribution in [0.4, 0.5) is 0 Å². The van der Waals surface area contributed by atoms with Gasteiger partial charge >= 0.3 is 11.9 Å². The Morgan fingerprint density at radius 3 is 2.00 bits per heavy atom. The van der Waals surface area contributed by atoms with Crippen LogP contribution in [0.15, 0.2) is 41.1 Å². The van der Waals surface area contributed by atoms with Crippen molar-refractivity contribution in [1.29, 1.82) is 0 Å². The number of carbonyl (C=O) groups excluding carboxylic acids is 3. The molecule has 8 nitrogen and oxygen atoms in total.